The fraction of sp³-hybridized carbons (Fsp3) is 0.500. The summed E-state index contributed by atoms with van der Waals surface area (Å²) in [6, 6.07) is -0.0811. The molecule has 108 valence electrons. The van der Waals surface area contributed by atoms with Gasteiger partial charge >= 0.3 is 0 Å². The van der Waals surface area contributed by atoms with Crippen molar-refractivity contribution in [2.75, 3.05) is 0 Å². The van der Waals surface area contributed by atoms with Crippen molar-refractivity contribution in [1.29, 1.82) is 0 Å². The van der Waals surface area contributed by atoms with E-state index in [0.29, 0.717) is 5.56 Å². The first kappa shape index (κ1) is 14.3. The van der Waals surface area contributed by atoms with E-state index in [1.807, 2.05) is 45.6 Å². The Hall–Kier alpha value is -2.11. The third kappa shape index (κ3) is 2.59. The third-order valence-electron chi connectivity index (χ3n) is 3.51. The Morgan fingerprint density at radius 2 is 2.15 bits per heavy atom. The van der Waals surface area contributed by atoms with Gasteiger partial charge in [-0.05, 0) is 27.7 Å². The number of rotatable bonds is 4. The van der Waals surface area contributed by atoms with Gasteiger partial charge in [-0.3, -0.25) is 14.2 Å². The largest absolute Gasteiger partial charge is 0.345 e. The second kappa shape index (κ2) is 5.48. The molecule has 6 heteroatoms. The maximum atomic E-state index is 12.3. The molecule has 0 saturated carbocycles. The third-order valence-corrected chi connectivity index (χ3v) is 3.51. The molecule has 0 radical (unpaired) electrons. The Morgan fingerprint density at radius 1 is 1.45 bits per heavy atom. The Morgan fingerprint density at radius 3 is 2.65 bits per heavy atom. The molecule has 1 unspecified atom stereocenters. The highest BCUT2D eigenvalue weighted by Gasteiger charge is 2.18. The Balaban J connectivity index is 2.15. The molecule has 1 atom stereocenters. The Kier molecular flexibility index (Phi) is 3.92. The highest BCUT2D eigenvalue weighted by molar-refractivity contribution is 5.95. The number of hydrogen-bond acceptors (Lipinski definition) is 3. The van der Waals surface area contributed by atoms with Gasteiger partial charge in [0, 0.05) is 31.0 Å². The summed E-state index contributed by atoms with van der Waals surface area (Å²) in [6.07, 6.45) is 3.56. The van der Waals surface area contributed by atoms with Crippen LogP contribution in [0.3, 0.4) is 0 Å². The molecule has 0 fully saturated rings. The number of hydrogen-bond donors (Lipinski definition) is 1. The predicted octanol–water partition coefficient (Wildman–Crippen LogP) is 1.74. The SMILES string of the molecule is CCn1ncc(C(C)NC(=O)c2cn(C)nc2C)c1C. The van der Waals surface area contributed by atoms with Gasteiger partial charge in [0.15, 0.2) is 0 Å². The summed E-state index contributed by atoms with van der Waals surface area (Å²) in [5, 5.41) is 11.5. The van der Waals surface area contributed by atoms with Gasteiger partial charge in [-0.1, -0.05) is 0 Å². The molecule has 0 aliphatic rings. The molecule has 2 heterocycles. The van der Waals surface area contributed by atoms with Gasteiger partial charge in [0.05, 0.1) is 23.5 Å². The zero-order chi connectivity index (χ0) is 14.9. The van der Waals surface area contributed by atoms with Gasteiger partial charge < -0.3 is 5.32 Å². The van der Waals surface area contributed by atoms with Crippen molar-refractivity contribution in [3.8, 4) is 0 Å². The van der Waals surface area contributed by atoms with Gasteiger partial charge in [0.25, 0.3) is 5.91 Å². The van der Waals surface area contributed by atoms with E-state index in [9.17, 15) is 4.79 Å². The van der Waals surface area contributed by atoms with Crippen LogP contribution in [0.25, 0.3) is 0 Å². The van der Waals surface area contributed by atoms with Crippen LogP contribution in [0.4, 0.5) is 0 Å². The first-order valence-corrected chi connectivity index (χ1v) is 6.77. The molecule has 0 saturated heterocycles. The fourth-order valence-electron chi connectivity index (χ4n) is 2.38. The molecular weight excluding hydrogens is 254 g/mol. The predicted molar refractivity (Wildman–Crippen MR) is 76.5 cm³/mol. The first-order valence-electron chi connectivity index (χ1n) is 6.77. The molecular formula is C14H21N5O. The molecule has 20 heavy (non-hydrogen) atoms. The molecule has 0 aliphatic carbocycles. The zero-order valence-corrected chi connectivity index (χ0v) is 12.6. The van der Waals surface area contributed by atoms with E-state index in [-0.39, 0.29) is 11.9 Å². The standard InChI is InChI=1S/C14H21N5O/c1-6-19-11(4)12(7-15-19)9(2)16-14(20)13-8-18(5)17-10(13)3/h7-9H,6H2,1-5H3,(H,16,20). The smallest absolute Gasteiger partial charge is 0.255 e. The van der Waals surface area contributed by atoms with Crippen LogP contribution in [0.15, 0.2) is 12.4 Å². The minimum Gasteiger partial charge on any atom is -0.345 e. The number of nitrogens with zero attached hydrogens (tertiary/aromatic N) is 4. The molecule has 0 aliphatic heterocycles. The van der Waals surface area contributed by atoms with E-state index < -0.39 is 0 Å². The van der Waals surface area contributed by atoms with E-state index in [0.717, 1.165) is 23.5 Å². The van der Waals surface area contributed by atoms with Crippen LogP contribution >= 0.6 is 0 Å². The number of aryl methyl sites for hydroxylation is 3. The number of carbonyl (C=O) groups excluding carboxylic acids is 1. The monoisotopic (exact) mass is 275 g/mol. The average Bonchev–Trinajstić information content (AvgIpc) is 2.91. The first-order chi connectivity index (χ1) is 9.43. The molecule has 0 bridgehead atoms. The maximum Gasteiger partial charge on any atom is 0.255 e. The topological polar surface area (TPSA) is 64.7 Å². The highest BCUT2D eigenvalue weighted by atomic mass is 16.1. The van der Waals surface area contributed by atoms with E-state index >= 15 is 0 Å². The average molecular weight is 275 g/mol. The molecule has 1 N–H and O–H groups in total. The van der Waals surface area contributed by atoms with E-state index in [2.05, 4.69) is 15.5 Å². The van der Waals surface area contributed by atoms with Crippen LogP contribution < -0.4 is 5.32 Å². The molecule has 2 aromatic rings. The molecule has 6 nitrogen and oxygen atoms in total. The normalized spacial score (nSPS) is 12.4. The summed E-state index contributed by atoms with van der Waals surface area (Å²) < 4.78 is 3.57. The molecule has 2 rings (SSSR count). The fourth-order valence-corrected chi connectivity index (χ4v) is 2.38. The van der Waals surface area contributed by atoms with Crippen LogP contribution in [0.5, 0.6) is 0 Å². The van der Waals surface area contributed by atoms with Gasteiger partial charge in [0.2, 0.25) is 0 Å². The summed E-state index contributed by atoms with van der Waals surface area (Å²) in [7, 11) is 1.81. The minimum absolute atomic E-state index is 0.0811. The quantitative estimate of drug-likeness (QED) is 0.924. The lowest BCUT2D eigenvalue weighted by Crippen LogP contribution is -2.27. The van der Waals surface area contributed by atoms with Gasteiger partial charge in [0.1, 0.15) is 0 Å². The van der Waals surface area contributed by atoms with Crippen molar-refractivity contribution in [1.82, 2.24) is 24.9 Å². The highest BCUT2D eigenvalue weighted by Crippen LogP contribution is 2.17. The Bertz CT molecular complexity index is 626. The second-order valence-corrected chi connectivity index (χ2v) is 5.00. The van der Waals surface area contributed by atoms with Crippen molar-refractivity contribution < 1.29 is 4.79 Å². The van der Waals surface area contributed by atoms with Crippen LogP contribution in [-0.4, -0.2) is 25.5 Å². The van der Waals surface area contributed by atoms with Crippen molar-refractivity contribution in [3.05, 3.63) is 34.9 Å². The van der Waals surface area contributed by atoms with Crippen LogP contribution in [0, 0.1) is 13.8 Å². The van der Waals surface area contributed by atoms with Crippen LogP contribution in [0.2, 0.25) is 0 Å². The maximum absolute atomic E-state index is 12.3. The van der Waals surface area contributed by atoms with Gasteiger partial charge in [-0.25, -0.2) is 0 Å². The van der Waals surface area contributed by atoms with Crippen molar-refractivity contribution in [3.63, 3.8) is 0 Å². The number of nitrogens with one attached hydrogen (secondary N) is 1. The molecule has 0 spiro atoms. The number of aromatic nitrogens is 4. The summed E-state index contributed by atoms with van der Waals surface area (Å²) in [5.41, 5.74) is 3.48. The lowest BCUT2D eigenvalue weighted by atomic mass is 10.1. The van der Waals surface area contributed by atoms with Crippen LogP contribution in [0.1, 0.15) is 47.2 Å². The van der Waals surface area contributed by atoms with Crippen molar-refractivity contribution in [2.45, 2.75) is 40.3 Å². The lowest BCUT2D eigenvalue weighted by Gasteiger charge is -2.13. The lowest BCUT2D eigenvalue weighted by molar-refractivity contribution is 0.0939. The molecule has 1 amide bonds. The molecule has 2 aromatic heterocycles. The zero-order valence-electron chi connectivity index (χ0n) is 12.6. The van der Waals surface area contributed by atoms with Gasteiger partial charge in [-0.15, -0.1) is 0 Å². The van der Waals surface area contributed by atoms with E-state index in [1.165, 1.54) is 0 Å². The summed E-state index contributed by atoms with van der Waals surface area (Å²) >= 11 is 0. The van der Waals surface area contributed by atoms with E-state index in [1.54, 1.807) is 10.9 Å². The van der Waals surface area contributed by atoms with Crippen LogP contribution in [-0.2, 0) is 13.6 Å². The minimum atomic E-state index is -0.105. The summed E-state index contributed by atoms with van der Waals surface area (Å²) in [4.78, 5) is 12.3. The van der Waals surface area contributed by atoms with Crippen molar-refractivity contribution in [2.24, 2.45) is 7.05 Å². The van der Waals surface area contributed by atoms with E-state index in [4.69, 9.17) is 0 Å². The molecule has 0 aromatic carbocycles. The van der Waals surface area contributed by atoms with Gasteiger partial charge in [-0.2, -0.15) is 10.2 Å². The number of carbonyl (C=O) groups is 1. The second-order valence-electron chi connectivity index (χ2n) is 5.00. The summed E-state index contributed by atoms with van der Waals surface area (Å²) in [5.74, 6) is -0.105. The van der Waals surface area contributed by atoms with Crippen molar-refractivity contribution >= 4 is 5.91 Å². The summed E-state index contributed by atoms with van der Waals surface area (Å²) in [6.45, 7) is 8.69. The Labute approximate surface area is 118 Å². The number of amides is 1.